The van der Waals surface area contributed by atoms with E-state index in [2.05, 4.69) is 20.9 Å². The highest BCUT2D eigenvalue weighted by Gasteiger charge is 2.11. The van der Waals surface area contributed by atoms with Gasteiger partial charge in [0.25, 0.3) is 0 Å². The first-order valence-corrected chi connectivity index (χ1v) is 5.99. The molecule has 0 fully saturated rings. The molecule has 0 spiro atoms. The van der Waals surface area contributed by atoms with Crippen molar-refractivity contribution in [2.24, 2.45) is 5.73 Å². The Morgan fingerprint density at radius 1 is 1.24 bits per heavy atom. The standard InChI is InChI=1S/C13H12BrFN2/c1-8-2-3-9(5-12(8)14)13(16)10-4-11(15)7-17-6-10/h2-7,13H,16H2,1H3. The van der Waals surface area contributed by atoms with Gasteiger partial charge in [-0.15, -0.1) is 0 Å². The average Bonchev–Trinajstić information content (AvgIpc) is 2.32. The topological polar surface area (TPSA) is 38.9 Å². The molecule has 2 aromatic rings. The lowest BCUT2D eigenvalue weighted by Crippen LogP contribution is -2.12. The van der Waals surface area contributed by atoms with E-state index in [0.717, 1.165) is 15.6 Å². The first-order chi connectivity index (χ1) is 8.08. The predicted octanol–water partition coefficient (Wildman–Crippen LogP) is 3.34. The second-order valence-corrected chi connectivity index (χ2v) is 4.78. The van der Waals surface area contributed by atoms with Crippen LogP contribution in [0.1, 0.15) is 22.7 Å². The highest BCUT2D eigenvalue weighted by atomic mass is 79.9. The van der Waals surface area contributed by atoms with Gasteiger partial charge < -0.3 is 5.73 Å². The largest absolute Gasteiger partial charge is 0.320 e. The summed E-state index contributed by atoms with van der Waals surface area (Å²) in [4.78, 5) is 3.80. The first kappa shape index (κ1) is 12.2. The monoisotopic (exact) mass is 294 g/mol. The Hall–Kier alpha value is -1.26. The number of pyridine rings is 1. The van der Waals surface area contributed by atoms with Crippen molar-refractivity contribution in [2.75, 3.05) is 0 Å². The van der Waals surface area contributed by atoms with E-state index in [1.54, 1.807) is 6.20 Å². The van der Waals surface area contributed by atoms with Crippen LogP contribution in [0.4, 0.5) is 4.39 Å². The lowest BCUT2D eigenvalue weighted by Gasteiger charge is -2.13. The van der Waals surface area contributed by atoms with Crippen molar-refractivity contribution in [1.29, 1.82) is 0 Å². The van der Waals surface area contributed by atoms with Crippen LogP contribution in [0, 0.1) is 12.7 Å². The summed E-state index contributed by atoms with van der Waals surface area (Å²) in [5.74, 6) is -0.371. The fourth-order valence-electron chi connectivity index (χ4n) is 1.59. The van der Waals surface area contributed by atoms with Crippen LogP contribution in [0.2, 0.25) is 0 Å². The molecule has 0 saturated carbocycles. The highest BCUT2D eigenvalue weighted by molar-refractivity contribution is 9.10. The van der Waals surface area contributed by atoms with Crippen LogP contribution >= 0.6 is 15.9 Å². The minimum atomic E-state index is -0.371. The number of aromatic nitrogens is 1. The Balaban J connectivity index is 2.36. The number of benzene rings is 1. The number of hydrogen-bond donors (Lipinski definition) is 1. The van der Waals surface area contributed by atoms with Crippen molar-refractivity contribution in [3.05, 3.63) is 63.6 Å². The van der Waals surface area contributed by atoms with Gasteiger partial charge in [0, 0.05) is 10.7 Å². The molecule has 1 aromatic heterocycles. The summed E-state index contributed by atoms with van der Waals surface area (Å²) < 4.78 is 14.1. The maximum atomic E-state index is 13.1. The maximum absolute atomic E-state index is 13.1. The van der Waals surface area contributed by atoms with E-state index >= 15 is 0 Å². The smallest absolute Gasteiger partial charge is 0.141 e. The van der Waals surface area contributed by atoms with Crippen molar-refractivity contribution in [1.82, 2.24) is 4.98 Å². The van der Waals surface area contributed by atoms with Crippen molar-refractivity contribution >= 4 is 15.9 Å². The Morgan fingerprint density at radius 2 is 2.00 bits per heavy atom. The summed E-state index contributed by atoms with van der Waals surface area (Å²) in [6.45, 7) is 2.00. The first-order valence-electron chi connectivity index (χ1n) is 5.20. The molecule has 2 N–H and O–H groups in total. The van der Waals surface area contributed by atoms with Gasteiger partial charge in [-0.25, -0.2) is 4.39 Å². The fourth-order valence-corrected chi connectivity index (χ4v) is 1.99. The zero-order valence-corrected chi connectivity index (χ0v) is 10.9. The SMILES string of the molecule is Cc1ccc(C(N)c2cncc(F)c2)cc1Br. The minimum absolute atomic E-state index is 0.366. The molecule has 0 radical (unpaired) electrons. The van der Waals surface area contributed by atoms with Crippen molar-refractivity contribution in [3.8, 4) is 0 Å². The van der Waals surface area contributed by atoms with Crippen LogP contribution in [-0.2, 0) is 0 Å². The second kappa shape index (κ2) is 4.94. The summed E-state index contributed by atoms with van der Waals surface area (Å²) in [5, 5.41) is 0. The van der Waals surface area contributed by atoms with Gasteiger partial charge in [0.2, 0.25) is 0 Å². The van der Waals surface area contributed by atoms with Crippen molar-refractivity contribution in [3.63, 3.8) is 0 Å². The summed E-state index contributed by atoms with van der Waals surface area (Å²) in [7, 11) is 0. The van der Waals surface area contributed by atoms with Crippen LogP contribution in [-0.4, -0.2) is 4.98 Å². The third kappa shape index (κ3) is 2.70. The number of nitrogens with zero attached hydrogens (tertiary/aromatic N) is 1. The Kier molecular flexibility index (Phi) is 3.54. The zero-order chi connectivity index (χ0) is 12.4. The Morgan fingerprint density at radius 3 is 2.65 bits per heavy atom. The molecule has 0 bridgehead atoms. The molecule has 0 saturated heterocycles. The minimum Gasteiger partial charge on any atom is -0.320 e. The van der Waals surface area contributed by atoms with Gasteiger partial charge in [-0.1, -0.05) is 28.1 Å². The van der Waals surface area contributed by atoms with Gasteiger partial charge in [0.15, 0.2) is 0 Å². The van der Waals surface area contributed by atoms with Crippen LogP contribution in [0.5, 0.6) is 0 Å². The normalized spacial score (nSPS) is 12.5. The fraction of sp³-hybridized carbons (Fsp3) is 0.154. The van der Waals surface area contributed by atoms with E-state index in [4.69, 9.17) is 5.73 Å². The number of halogens is 2. The molecule has 0 aliphatic heterocycles. The molecular weight excluding hydrogens is 283 g/mol. The van der Waals surface area contributed by atoms with Gasteiger partial charge in [-0.3, -0.25) is 4.98 Å². The van der Waals surface area contributed by atoms with Crippen molar-refractivity contribution < 1.29 is 4.39 Å². The van der Waals surface area contributed by atoms with Crippen molar-refractivity contribution in [2.45, 2.75) is 13.0 Å². The highest BCUT2D eigenvalue weighted by Crippen LogP contribution is 2.24. The third-order valence-corrected chi connectivity index (χ3v) is 3.49. The van der Waals surface area contributed by atoms with Crippen LogP contribution in [0.15, 0.2) is 41.1 Å². The summed E-state index contributed by atoms with van der Waals surface area (Å²) >= 11 is 3.46. The maximum Gasteiger partial charge on any atom is 0.141 e. The van der Waals surface area contributed by atoms with Gasteiger partial charge >= 0.3 is 0 Å². The molecule has 1 aromatic carbocycles. The van der Waals surface area contributed by atoms with Crippen LogP contribution < -0.4 is 5.73 Å². The van der Waals surface area contributed by atoms with E-state index in [-0.39, 0.29) is 11.9 Å². The number of rotatable bonds is 2. The van der Waals surface area contributed by atoms with E-state index < -0.39 is 0 Å². The summed E-state index contributed by atoms with van der Waals surface area (Å²) in [5.41, 5.74) is 8.81. The molecule has 2 nitrogen and oxygen atoms in total. The van der Waals surface area contributed by atoms with E-state index in [9.17, 15) is 4.39 Å². The molecule has 2 rings (SSSR count). The van der Waals surface area contributed by atoms with E-state index in [1.807, 2.05) is 25.1 Å². The molecular formula is C13H12BrFN2. The number of nitrogens with two attached hydrogens (primary N) is 1. The molecule has 0 amide bonds. The molecule has 17 heavy (non-hydrogen) atoms. The quantitative estimate of drug-likeness (QED) is 0.923. The lowest BCUT2D eigenvalue weighted by atomic mass is 10.0. The molecule has 0 aliphatic rings. The molecule has 1 unspecified atom stereocenters. The molecule has 1 atom stereocenters. The van der Waals surface area contributed by atoms with Gasteiger partial charge in [-0.05, 0) is 35.7 Å². The zero-order valence-electron chi connectivity index (χ0n) is 9.32. The van der Waals surface area contributed by atoms with E-state index in [1.165, 1.54) is 12.3 Å². The molecule has 1 heterocycles. The number of hydrogen-bond acceptors (Lipinski definition) is 2. The van der Waals surface area contributed by atoms with Gasteiger partial charge in [0.1, 0.15) is 5.82 Å². The lowest BCUT2D eigenvalue weighted by molar-refractivity contribution is 0.616. The summed E-state index contributed by atoms with van der Waals surface area (Å²) in [6.07, 6.45) is 2.75. The Labute approximate surface area is 108 Å². The summed E-state index contributed by atoms with van der Waals surface area (Å²) in [6, 6.07) is 6.91. The third-order valence-electron chi connectivity index (χ3n) is 2.64. The predicted molar refractivity (Wildman–Crippen MR) is 69.1 cm³/mol. The Bertz CT molecular complexity index is 543. The van der Waals surface area contributed by atoms with E-state index in [0.29, 0.717) is 5.56 Å². The molecule has 0 aliphatic carbocycles. The van der Waals surface area contributed by atoms with Crippen LogP contribution in [0.25, 0.3) is 0 Å². The average molecular weight is 295 g/mol. The molecule has 88 valence electrons. The molecule has 4 heteroatoms. The second-order valence-electron chi connectivity index (χ2n) is 3.92. The van der Waals surface area contributed by atoms with Gasteiger partial charge in [-0.2, -0.15) is 0 Å². The van der Waals surface area contributed by atoms with Crippen LogP contribution in [0.3, 0.4) is 0 Å². The number of aryl methyl sites for hydroxylation is 1. The van der Waals surface area contributed by atoms with Gasteiger partial charge in [0.05, 0.1) is 12.2 Å².